The summed E-state index contributed by atoms with van der Waals surface area (Å²) in [7, 11) is 0. The molecule has 0 radical (unpaired) electrons. The highest BCUT2D eigenvalue weighted by atomic mass is 79.9. The van der Waals surface area contributed by atoms with Crippen molar-refractivity contribution in [1.82, 2.24) is 9.88 Å². The second kappa shape index (κ2) is 5.85. The Morgan fingerprint density at radius 2 is 1.91 bits per heavy atom. The molecule has 3 aromatic rings. The van der Waals surface area contributed by atoms with E-state index >= 15 is 0 Å². The lowest BCUT2D eigenvalue weighted by molar-refractivity contribution is 0.0791. The number of benzene rings is 2. The van der Waals surface area contributed by atoms with E-state index in [1.807, 2.05) is 35.2 Å². The van der Waals surface area contributed by atoms with Gasteiger partial charge in [-0.3, -0.25) is 4.79 Å². The largest absolute Gasteiger partial charge is 0.361 e. The lowest BCUT2D eigenvalue weighted by Crippen LogP contribution is -2.28. The molecule has 0 bridgehead atoms. The average Bonchev–Trinajstić information content (AvgIpc) is 3.21. The third kappa shape index (κ3) is 2.68. The number of amides is 1. The summed E-state index contributed by atoms with van der Waals surface area (Å²) in [5, 5.41) is 1.27. The van der Waals surface area contributed by atoms with Gasteiger partial charge in [0.15, 0.2) is 0 Å². The summed E-state index contributed by atoms with van der Waals surface area (Å²) in [4.78, 5) is 17.9. The number of carbonyl (C=O) groups excluding carboxylic acids is 1. The molecule has 1 aliphatic rings. The second-order valence-electron chi connectivity index (χ2n) is 6.03. The first-order valence-electron chi connectivity index (χ1n) is 7.83. The zero-order valence-corrected chi connectivity index (χ0v) is 14.2. The lowest BCUT2D eigenvalue weighted by Gasteiger charge is -2.16. The summed E-state index contributed by atoms with van der Waals surface area (Å²) < 4.78 is 0.993. The number of H-pyrrole nitrogens is 1. The van der Waals surface area contributed by atoms with Crippen LogP contribution >= 0.6 is 15.9 Å². The number of fused-ring (bicyclic) bond motifs is 1. The predicted molar refractivity (Wildman–Crippen MR) is 95.7 cm³/mol. The van der Waals surface area contributed by atoms with Crippen molar-refractivity contribution in [2.24, 2.45) is 0 Å². The number of hydrogen-bond donors (Lipinski definition) is 1. The van der Waals surface area contributed by atoms with Gasteiger partial charge in [-0.25, -0.2) is 0 Å². The molecule has 1 atom stereocenters. The second-order valence-corrected chi connectivity index (χ2v) is 6.95. The number of aromatic amines is 1. The Balaban J connectivity index is 1.55. The van der Waals surface area contributed by atoms with Crippen molar-refractivity contribution in [2.75, 3.05) is 13.1 Å². The van der Waals surface area contributed by atoms with Crippen LogP contribution in [0.25, 0.3) is 10.9 Å². The minimum Gasteiger partial charge on any atom is -0.361 e. The Hall–Kier alpha value is -2.07. The van der Waals surface area contributed by atoms with E-state index in [9.17, 15) is 4.79 Å². The van der Waals surface area contributed by atoms with Crippen molar-refractivity contribution < 1.29 is 4.79 Å². The number of hydrogen-bond acceptors (Lipinski definition) is 1. The molecule has 0 saturated carbocycles. The Morgan fingerprint density at radius 1 is 1.13 bits per heavy atom. The number of carbonyl (C=O) groups is 1. The predicted octanol–water partition coefficient (Wildman–Crippen LogP) is 4.56. The lowest BCUT2D eigenvalue weighted by atomic mass is 9.98. The number of likely N-dealkylation sites (tertiary alicyclic amines) is 1. The van der Waals surface area contributed by atoms with Crippen LogP contribution < -0.4 is 0 Å². The highest BCUT2D eigenvalue weighted by Gasteiger charge is 2.29. The summed E-state index contributed by atoms with van der Waals surface area (Å²) in [6.07, 6.45) is 3.12. The van der Waals surface area contributed by atoms with Crippen LogP contribution in [0.1, 0.15) is 28.3 Å². The molecule has 1 amide bonds. The maximum atomic E-state index is 12.6. The van der Waals surface area contributed by atoms with Crippen molar-refractivity contribution in [3.05, 3.63) is 70.3 Å². The van der Waals surface area contributed by atoms with E-state index in [4.69, 9.17) is 0 Å². The smallest absolute Gasteiger partial charge is 0.253 e. The molecule has 116 valence electrons. The standard InChI is InChI=1S/C19H17BrN2O/c20-15-7-5-13(6-8-15)19(23)22-10-9-14(12-22)17-11-21-18-4-2-1-3-16(17)18/h1-8,11,14,21H,9-10,12H2. The third-order valence-corrected chi connectivity index (χ3v) is 5.16. The maximum Gasteiger partial charge on any atom is 0.253 e. The summed E-state index contributed by atoms with van der Waals surface area (Å²) in [6.45, 7) is 1.61. The Labute approximate surface area is 143 Å². The Morgan fingerprint density at radius 3 is 2.74 bits per heavy atom. The molecule has 1 unspecified atom stereocenters. The maximum absolute atomic E-state index is 12.6. The fraction of sp³-hybridized carbons (Fsp3) is 0.211. The monoisotopic (exact) mass is 368 g/mol. The van der Waals surface area contributed by atoms with Crippen LogP contribution in [0.4, 0.5) is 0 Å². The number of nitrogens with one attached hydrogen (secondary N) is 1. The summed E-state index contributed by atoms with van der Waals surface area (Å²) >= 11 is 3.41. The van der Waals surface area contributed by atoms with Crippen molar-refractivity contribution in [1.29, 1.82) is 0 Å². The summed E-state index contributed by atoms with van der Waals surface area (Å²) in [6, 6.07) is 16.0. The molecule has 1 N–H and O–H groups in total. The summed E-state index contributed by atoms with van der Waals surface area (Å²) in [5.41, 5.74) is 3.25. The van der Waals surface area contributed by atoms with E-state index in [1.165, 1.54) is 16.5 Å². The molecule has 4 rings (SSSR count). The molecule has 4 heteroatoms. The van der Waals surface area contributed by atoms with Gasteiger partial charge in [-0.05, 0) is 42.3 Å². The molecule has 1 fully saturated rings. The number of halogens is 1. The van der Waals surface area contributed by atoms with Gasteiger partial charge < -0.3 is 9.88 Å². The van der Waals surface area contributed by atoms with Gasteiger partial charge in [0.25, 0.3) is 5.91 Å². The molecule has 1 aromatic heterocycles. The third-order valence-electron chi connectivity index (χ3n) is 4.63. The first-order chi connectivity index (χ1) is 11.2. The fourth-order valence-corrected chi connectivity index (χ4v) is 3.67. The van der Waals surface area contributed by atoms with E-state index < -0.39 is 0 Å². The molecule has 0 aliphatic carbocycles. The minimum atomic E-state index is 0.125. The molecule has 2 aromatic carbocycles. The van der Waals surface area contributed by atoms with Crippen molar-refractivity contribution in [2.45, 2.75) is 12.3 Å². The van der Waals surface area contributed by atoms with E-state index in [2.05, 4.69) is 45.3 Å². The van der Waals surface area contributed by atoms with Gasteiger partial charge in [-0.15, -0.1) is 0 Å². The number of rotatable bonds is 2. The van der Waals surface area contributed by atoms with Crippen LogP contribution in [0.3, 0.4) is 0 Å². The molecule has 1 saturated heterocycles. The van der Waals surface area contributed by atoms with Crippen LogP contribution in [0.2, 0.25) is 0 Å². The van der Waals surface area contributed by atoms with E-state index in [1.54, 1.807) is 0 Å². The first-order valence-corrected chi connectivity index (χ1v) is 8.62. The van der Waals surface area contributed by atoms with Gasteiger partial charge in [0, 0.05) is 46.1 Å². The molecule has 1 aliphatic heterocycles. The minimum absolute atomic E-state index is 0.125. The topological polar surface area (TPSA) is 36.1 Å². The van der Waals surface area contributed by atoms with Crippen molar-refractivity contribution >= 4 is 32.7 Å². The molecule has 3 nitrogen and oxygen atoms in total. The fourth-order valence-electron chi connectivity index (χ4n) is 3.41. The van der Waals surface area contributed by atoms with Crippen molar-refractivity contribution in [3.63, 3.8) is 0 Å². The van der Waals surface area contributed by atoms with E-state index in [0.29, 0.717) is 5.92 Å². The van der Waals surface area contributed by atoms with Crippen LogP contribution in [0, 0.1) is 0 Å². The van der Waals surface area contributed by atoms with E-state index in [-0.39, 0.29) is 5.91 Å². The highest BCUT2D eigenvalue weighted by Crippen LogP contribution is 2.33. The summed E-state index contributed by atoms with van der Waals surface area (Å²) in [5.74, 6) is 0.533. The normalized spacial score (nSPS) is 17.8. The number of aromatic nitrogens is 1. The highest BCUT2D eigenvalue weighted by molar-refractivity contribution is 9.10. The van der Waals surface area contributed by atoms with Crippen LogP contribution in [0.15, 0.2) is 59.2 Å². The van der Waals surface area contributed by atoms with Gasteiger partial charge >= 0.3 is 0 Å². The molecule has 23 heavy (non-hydrogen) atoms. The van der Waals surface area contributed by atoms with Gasteiger partial charge in [0.1, 0.15) is 0 Å². The zero-order chi connectivity index (χ0) is 15.8. The molecule has 2 heterocycles. The van der Waals surface area contributed by atoms with E-state index in [0.717, 1.165) is 29.5 Å². The van der Waals surface area contributed by atoms with Crippen molar-refractivity contribution in [3.8, 4) is 0 Å². The molecular formula is C19H17BrN2O. The SMILES string of the molecule is O=C(c1ccc(Br)cc1)N1CCC(c2c[nH]c3ccccc23)C1. The van der Waals surface area contributed by atoms with Gasteiger partial charge in [-0.2, -0.15) is 0 Å². The number of para-hydroxylation sites is 1. The van der Waals surface area contributed by atoms with Crippen LogP contribution in [-0.4, -0.2) is 28.9 Å². The Kier molecular flexibility index (Phi) is 3.69. The van der Waals surface area contributed by atoms with Gasteiger partial charge in [0.2, 0.25) is 0 Å². The zero-order valence-electron chi connectivity index (χ0n) is 12.6. The molecular weight excluding hydrogens is 352 g/mol. The van der Waals surface area contributed by atoms with Crippen LogP contribution in [0.5, 0.6) is 0 Å². The quantitative estimate of drug-likeness (QED) is 0.706. The first kappa shape index (κ1) is 14.5. The van der Waals surface area contributed by atoms with Gasteiger partial charge in [0.05, 0.1) is 0 Å². The average molecular weight is 369 g/mol. The Bertz CT molecular complexity index is 853. The molecule has 0 spiro atoms. The number of nitrogens with zero attached hydrogens (tertiary/aromatic N) is 1. The van der Waals surface area contributed by atoms with Crippen LogP contribution in [-0.2, 0) is 0 Å². The van der Waals surface area contributed by atoms with Gasteiger partial charge in [-0.1, -0.05) is 34.1 Å².